The SMILES string of the molecule is CN=C(NCc1ccc(OC)cc1)NCC1CCOC1c1ccccc1.I. The number of methoxy groups -OCH3 is 1. The van der Waals surface area contributed by atoms with E-state index in [0.717, 1.165) is 31.3 Å². The van der Waals surface area contributed by atoms with E-state index in [1.807, 2.05) is 18.2 Å². The molecule has 0 amide bonds. The predicted molar refractivity (Wildman–Crippen MR) is 120 cm³/mol. The van der Waals surface area contributed by atoms with Crippen LogP contribution >= 0.6 is 24.0 Å². The fourth-order valence-corrected chi connectivity index (χ4v) is 3.23. The molecule has 1 fully saturated rings. The quantitative estimate of drug-likeness (QED) is 0.375. The van der Waals surface area contributed by atoms with Gasteiger partial charge in [-0.05, 0) is 29.7 Å². The fraction of sp³-hybridized carbons (Fsp3) is 0.381. The Labute approximate surface area is 178 Å². The van der Waals surface area contributed by atoms with Crippen LogP contribution in [0.5, 0.6) is 5.75 Å². The number of nitrogens with zero attached hydrogens (tertiary/aromatic N) is 1. The van der Waals surface area contributed by atoms with E-state index in [1.54, 1.807) is 14.2 Å². The van der Waals surface area contributed by atoms with Crippen LogP contribution in [-0.4, -0.2) is 33.3 Å². The van der Waals surface area contributed by atoms with Crippen molar-refractivity contribution in [1.29, 1.82) is 0 Å². The number of hydrogen-bond acceptors (Lipinski definition) is 3. The second-order valence-electron chi connectivity index (χ2n) is 6.41. The van der Waals surface area contributed by atoms with Gasteiger partial charge in [0.1, 0.15) is 5.75 Å². The highest BCUT2D eigenvalue weighted by molar-refractivity contribution is 14.0. The van der Waals surface area contributed by atoms with Crippen molar-refractivity contribution in [2.75, 3.05) is 27.3 Å². The molecule has 2 unspecified atom stereocenters. The molecule has 0 bridgehead atoms. The molecule has 27 heavy (non-hydrogen) atoms. The van der Waals surface area contributed by atoms with Crippen molar-refractivity contribution < 1.29 is 9.47 Å². The van der Waals surface area contributed by atoms with Gasteiger partial charge in [-0.25, -0.2) is 0 Å². The topological polar surface area (TPSA) is 54.9 Å². The molecule has 0 saturated carbocycles. The predicted octanol–water partition coefficient (Wildman–Crippen LogP) is 3.76. The number of guanidine groups is 1. The maximum atomic E-state index is 5.96. The van der Waals surface area contributed by atoms with Crippen LogP contribution in [0, 0.1) is 5.92 Å². The van der Waals surface area contributed by atoms with E-state index >= 15 is 0 Å². The van der Waals surface area contributed by atoms with Crippen LogP contribution < -0.4 is 15.4 Å². The van der Waals surface area contributed by atoms with Crippen molar-refractivity contribution in [3.8, 4) is 5.75 Å². The second kappa shape index (κ2) is 11.1. The van der Waals surface area contributed by atoms with Gasteiger partial charge in [0.2, 0.25) is 0 Å². The standard InChI is InChI=1S/C21H27N3O2.HI/c1-22-21(23-14-16-8-10-19(25-2)11-9-16)24-15-18-12-13-26-20(18)17-6-4-3-5-7-17;/h3-11,18,20H,12-15H2,1-2H3,(H2,22,23,24);1H. The van der Waals surface area contributed by atoms with Crippen LogP contribution in [0.3, 0.4) is 0 Å². The molecule has 0 aliphatic carbocycles. The van der Waals surface area contributed by atoms with Gasteiger partial charge in [-0.1, -0.05) is 42.5 Å². The van der Waals surface area contributed by atoms with Crippen molar-refractivity contribution in [3.05, 3.63) is 65.7 Å². The summed E-state index contributed by atoms with van der Waals surface area (Å²) in [5.41, 5.74) is 2.43. The molecular weight excluding hydrogens is 453 g/mol. The summed E-state index contributed by atoms with van der Waals surface area (Å²) < 4.78 is 11.1. The first-order valence-corrected chi connectivity index (χ1v) is 9.04. The molecule has 5 nitrogen and oxygen atoms in total. The summed E-state index contributed by atoms with van der Waals surface area (Å²) in [5.74, 6) is 2.11. The van der Waals surface area contributed by atoms with Gasteiger partial charge in [0.15, 0.2) is 5.96 Å². The minimum Gasteiger partial charge on any atom is -0.497 e. The maximum Gasteiger partial charge on any atom is 0.191 e. The van der Waals surface area contributed by atoms with Crippen molar-refractivity contribution in [2.45, 2.75) is 19.1 Å². The molecule has 1 heterocycles. The zero-order chi connectivity index (χ0) is 18.2. The largest absolute Gasteiger partial charge is 0.497 e. The molecule has 6 heteroatoms. The summed E-state index contributed by atoms with van der Waals surface area (Å²) in [7, 11) is 3.47. The lowest BCUT2D eigenvalue weighted by atomic mass is 9.95. The number of benzene rings is 2. The van der Waals surface area contributed by atoms with Crippen molar-refractivity contribution in [3.63, 3.8) is 0 Å². The van der Waals surface area contributed by atoms with Gasteiger partial charge in [-0.15, -0.1) is 24.0 Å². The molecule has 2 atom stereocenters. The summed E-state index contributed by atoms with van der Waals surface area (Å²) in [4.78, 5) is 4.32. The molecule has 2 aromatic carbocycles. The molecule has 146 valence electrons. The van der Waals surface area contributed by atoms with Gasteiger partial charge in [0.05, 0.1) is 13.2 Å². The highest BCUT2D eigenvalue weighted by atomic mass is 127. The average molecular weight is 481 g/mol. The van der Waals surface area contributed by atoms with E-state index < -0.39 is 0 Å². The Morgan fingerprint density at radius 2 is 1.85 bits per heavy atom. The second-order valence-corrected chi connectivity index (χ2v) is 6.41. The number of ether oxygens (including phenoxy) is 2. The fourth-order valence-electron chi connectivity index (χ4n) is 3.23. The minimum atomic E-state index is 0. The Kier molecular flexibility index (Phi) is 8.87. The van der Waals surface area contributed by atoms with Gasteiger partial charge >= 0.3 is 0 Å². The highest BCUT2D eigenvalue weighted by Gasteiger charge is 2.29. The molecule has 0 spiro atoms. The first kappa shape index (κ1) is 21.5. The third kappa shape index (κ3) is 6.10. The third-order valence-corrected chi connectivity index (χ3v) is 4.72. The summed E-state index contributed by atoms with van der Waals surface area (Å²) in [6.45, 7) is 2.36. The van der Waals surface area contributed by atoms with Crippen molar-refractivity contribution >= 4 is 29.9 Å². The minimum absolute atomic E-state index is 0. The Hall–Kier alpha value is -1.80. The van der Waals surface area contributed by atoms with Crippen LogP contribution in [0.4, 0.5) is 0 Å². The van der Waals surface area contributed by atoms with E-state index in [2.05, 4.69) is 52.0 Å². The summed E-state index contributed by atoms with van der Waals surface area (Å²) in [6, 6.07) is 18.5. The molecular formula is C21H28IN3O2. The van der Waals surface area contributed by atoms with Gasteiger partial charge in [-0.3, -0.25) is 4.99 Å². The van der Waals surface area contributed by atoms with Crippen LogP contribution in [0.15, 0.2) is 59.6 Å². The Morgan fingerprint density at radius 3 is 2.52 bits per heavy atom. The van der Waals surface area contributed by atoms with Crippen molar-refractivity contribution in [1.82, 2.24) is 10.6 Å². The lowest BCUT2D eigenvalue weighted by Crippen LogP contribution is -2.39. The van der Waals surface area contributed by atoms with Gasteiger partial charge in [-0.2, -0.15) is 0 Å². The van der Waals surface area contributed by atoms with Crippen molar-refractivity contribution in [2.24, 2.45) is 10.9 Å². The van der Waals surface area contributed by atoms with E-state index in [4.69, 9.17) is 9.47 Å². The molecule has 0 radical (unpaired) electrons. The monoisotopic (exact) mass is 481 g/mol. The first-order valence-electron chi connectivity index (χ1n) is 9.04. The van der Waals surface area contributed by atoms with Gasteiger partial charge in [0, 0.05) is 32.7 Å². The normalized spacial score (nSPS) is 19.3. The molecule has 3 rings (SSSR count). The Bertz CT molecular complexity index is 707. The zero-order valence-corrected chi connectivity index (χ0v) is 18.2. The number of nitrogens with one attached hydrogen (secondary N) is 2. The van der Waals surface area contributed by atoms with E-state index in [9.17, 15) is 0 Å². The molecule has 1 aliphatic rings. The summed E-state index contributed by atoms with van der Waals surface area (Å²) in [5, 5.41) is 6.80. The smallest absolute Gasteiger partial charge is 0.191 e. The molecule has 2 aromatic rings. The van der Waals surface area contributed by atoms with E-state index in [0.29, 0.717) is 12.5 Å². The van der Waals surface area contributed by atoms with Crippen LogP contribution in [-0.2, 0) is 11.3 Å². The maximum absolute atomic E-state index is 5.96. The van der Waals surface area contributed by atoms with Gasteiger partial charge < -0.3 is 20.1 Å². The zero-order valence-electron chi connectivity index (χ0n) is 15.9. The Morgan fingerprint density at radius 1 is 1.11 bits per heavy atom. The molecule has 1 saturated heterocycles. The summed E-state index contributed by atoms with van der Waals surface area (Å²) in [6.07, 6.45) is 1.21. The number of hydrogen-bond donors (Lipinski definition) is 2. The van der Waals surface area contributed by atoms with Gasteiger partial charge in [0.25, 0.3) is 0 Å². The number of rotatable bonds is 6. The molecule has 1 aliphatic heterocycles. The van der Waals surface area contributed by atoms with E-state index in [1.165, 1.54) is 11.1 Å². The Balaban J connectivity index is 0.00000261. The number of halogens is 1. The van der Waals surface area contributed by atoms with Crippen LogP contribution in [0.2, 0.25) is 0 Å². The number of aliphatic imine (C=N–C) groups is 1. The lowest BCUT2D eigenvalue weighted by Gasteiger charge is -2.21. The lowest BCUT2D eigenvalue weighted by molar-refractivity contribution is 0.0915. The first-order chi connectivity index (χ1) is 12.8. The van der Waals surface area contributed by atoms with E-state index in [-0.39, 0.29) is 30.1 Å². The molecule has 0 aromatic heterocycles. The molecule has 2 N–H and O–H groups in total. The van der Waals surface area contributed by atoms with Crippen LogP contribution in [0.25, 0.3) is 0 Å². The summed E-state index contributed by atoms with van der Waals surface area (Å²) >= 11 is 0. The third-order valence-electron chi connectivity index (χ3n) is 4.72. The van der Waals surface area contributed by atoms with Crippen LogP contribution in [0.1, 0.15) is 23.7 Å². The average Bonchev–Trinajstić information content (AvgIpc) is 3.18. The highest BCUT2D eigenvalue weighted by Crippen LogP contribution is 2.33.